The van der Waals surface area contributed by atoms with Gasteiger partial charge in [-0.15, -0.1) is 0 Å². The second-order valence-corrected chi connectivity index (χ2v) is 7.44. The van der Waals surface area contributed by atoms with Crippen molar-refractivity contribution in [2.45, 2.75) is 6.61 Å². The summed E-state index contributed by atoms with van der Waals surface area (Å²) in [7, 11) is 1.19. The number of amides is 3. The van der Waals surface area contributed by atoms with Gasteiger partial charge in [0.2, 0.25) is 0 Å². The van der Waals surface area contributed by atoms with Crippen molar-refractivity contribution in [3.05, 3.63) is 82.5 Å². The van der Waals surface area contributed by atoms with Crippen molar-refractivity contribution in [2.75, 3.05) is 13.7 Å². The topological polar surface area (TPSA) is 84.9 Å². The second kappa shape index (κ2) is 9.11. The highest BCUT2D eigenvalue weighted by Crippen LogP contribution is 2.32. The fourth-order valence-corrected chi connectivity index (χ4v) is 3.56. The Morgan fingerprint density at radius 2 is 1.81 bits per heavy atom. The van der Waals surface area contributed by atoms with Crippen LogP contribution < -0.4 is 10.1 Å². The summed E-state index contributed by atoms with van der Waals surface area (Å²) < 4.78 is 10.6. The van der Waals surface area contributed by atoms with Gasteiger partial charge in [-0.1, -0.05) is 60.1 Å². The molecule has 162 valence electrons. The summed E-state index contributed by atoms with van der Waals surface area (Å²) in [5.74, 6) is -0.793. The standard InChI is InChI=1S/C24H19ClN2O5/c1-31-22(28)13-27-23(29)20(26-24(27)30)12-18-17-8-4-2-6-15(17)10-11-21(18)32-14-16-7-3-5-9-19(16)25/h2-12H,13-14H2,1H3,(H,26,30)/b20-12+. The molecular formula is C24H19ClN2O5. The summed E-state index contributed by atoms with van der Waals surface area (Å²) >= 11 is 6.24. The van der Waals surface area contributed by atoms with Gasteiger partial charge in [0.15, 0.2) is 0 Å². The number of halogens is 1. The first-order chi connectivity index (χ1) is 15.5. The van der Waals surface area contributed by atoms with Crippen LogP contribution >= 0.6 is 11.6 Å². The molecule has 1 heterocycles. The molecule has 3 amide bonds. The highest BCUT2D eigenvalue weighted by Gasteiger charge is 2.35. The first-order valence-electron chi connectivity index (χ1n) is 9.77. The van der Waals surface area contributed by atoms with Gasteiger partial charge in [-0.25, -0.2) is 9.69 Å². The lowest BCUT2D eigenvalue weighted by molar-refractivity contribution is -0.143. The maximum atomic E-state index is 12.8. The molecule has 1 fully saturated rings. The molecule has 1 aliphatic heterocycles. The molecule has 0 saturated carbocycles. The largest absolute Gasteiger partial charge is 0.488 e. The summed E-state index contributed by atoms with van der Waals surface area (Å²) in [4.78, 5) is 37.3. The number of urea groups is 1. The van der Waals surface area contributed by atoms with E-state index in [1.807, 2.05) is 48.5 Å². The Morgan fingerprint density at radius 3 is 2.59 bits per heavy atom. The average Bonchev–Trinajstić information content (AvgIpc) is 3.06. The van der Waals surface area contributed by atoms with Gasteiger partial charge in [0.25, 0.3) is 5.91 Å². The fourth-order valence-electron chi connectivity index (χ4n) is 3.37. The number of benzene rings is 3. The molecule has 0 aliphatic carbocycles. The summed E-state index contributed by atoms with van der Waals surface area (Å²) in [6.07, 6.45) is 1.56. The Morgan fingerprint density at radius 1 is 1.06 bits per heavy atom. The van der Waals surface area contributed by atoms with Gasteiger partial charge in [0, 0.05) is 16.1 Å². The van der Waals surface area contributed by atoms with Gasteiger partial charge in [0.05, 0.1) is 7.11 Å². The fraction of sp³-hybridized carbons (Fsp3) is 0.125. The number of nitrogens with zero attached hydrogens (tertiary/aromatic N) is 1. The van der Waals surface area contributed by atoms with Crippen LogP contribution in [0.5, 0.6) is 5.75 Å². The van der Waals surface area contributed by atoms with E-state index in [1.165, 1.54) is 7.11 Å². The van der Waals surface area contributed by atoms with Gasteiger partial charge < -0.3 is 14.8 Å². The number of fused-ring (bicyclic) bond motifs is 1. The Labute approximate surface area is 189 Å². The monoisotopic (exact) mass is 450 g/mol. The van der Waals surface area contributed by atoms with Crippen LogP contribution in [0.2, 0.25) is 5.02 Å². The van der Waals surface area contributed by atoms with Gasteiger partial charge in [0.1, 0.15) is 24.6 Å². The van der Waals surface area contributed by atoms with E-state index in [0.29, 0.717) is 16.3 Å². The number of nitrogens with one attached hydrogen (secondary N) is 1. The second-order valence-electron chi connectivity index (χ2n) is 7.03. The third-order valence-corrected chi connectivity index (χ3v) is 5.41. The Hall–Kier alpha value is -3.84. The van der Waals surface area contributed by atoms with E-state index < -0.39 is 24.5 Å². The molecule has 0 unspecified atom stereocenters. The van der Waals surface area contributed by atoms with Crippen molar-refractivity contribution in [3.8, 4) is 5.75 Å². The normalized spacial score (nSPS) is 14.7. The lowest BCUT2D eigenvalue weighted by Crippen LogP contribution is -2.36. The number of carbonyl (C=O) groups is 3. The third-order valence-electron chi connectivity index (χ3n) is 5.04. The van der Waals surface area contributed by atoms with Crippen LogP contribution in [0.3, 0.4) is 0 Å². The highest BCUT2D eigenvalue weighted by atomic mass is 35.5. The molecule has 3 aromatic rings. The van der Waals surface area contributed by atoms with Gasteiger partial charge in [-0.05, 0) is 29.0 Å². The summed E-state index contributed by atoms with van der Waals surface area (Å²) in [5.41, 5.74) is 1.48. The van der Waals surface area contributed by atoms with Crippen molar-refractivity contribution >= 4 is 46.4 Å². The number of esters is 1. The molecule has 1 aliphatic rings. The van der Waals surface area contributed by atoms with Crippen molar-refractivity contribution in [1.82, 2.24) is 10.2 Å². The zero-order valence-electron chi connectivity index (χ0n) is 17.1. The predicted molar refractivity (Wildman–Crippen MR) is 120 cm³/mol. The molecule has 0 spiro atoms. The highest BCUT2D eigenvalue weighted by molar-refractivity contribution is 6.31. The summed E-state index contributed by atoms with van der Waals surface area (Å²) in [6.45, 7) is -0.243. The molecule has 1 N–H and O–H groups in total. The quantitative estimate of drug-likeness (QED) is 0.346. The molecular weight excluding hydrogens is 432 g/mol. The number of rotatable bonds is 6. The van der Waals surface area contributed by atoms with Crippen LogP contribution in [0.1, 0.15) is 11.1 Å². The first kappa shape index (κ1) is 21.4. The van der Waals surface area contributed by atoms with Crippen molar-refractivity contribution in [2.24, 2.45) is 0 Å². The van der Waals surface area contributed by atoms with E-state index in [0.717, 1.165) is 21.2 Å². The van der Waals surface area contributed by atoms with Crippen LogP contribution in [0.4, 0.5) is 4.79 Å². The van der Waals surface area contributed by atoms with Gasteiger partial charge >= 0.3 is 12.0 Å². The number of hydrogen-bond donors (Lipinski definition) is 1. The molecule has 3 aromatic carbocycles. The van der Waals surface area contributed by atoms with E-state index in [1.54, 1.807) is 18.2 Å². The number of imide groups is 1. The van der Waals surface area contributed by atoms with Crippen LogP contribution in [0.15, 0.2) is 66.4 Å². The van der Waals surface area contributed by atoms with E-state index in [2.05, 4.69) is 10.1 Å². The molecule has 0 bridgehead atoms. The van der Waals surface area contributed by atoms with Crippen LogP contribution in [-0.2, 0) is 20.9 Å². The van der Waals surface area contributed by atoms with Crippen molar-refractivity contribution in [3.63, 3.8) is 0 Å². The summed E-state index contributed by atoms with van der Waals surface area (Å²) in [5, 5.41) is 4.88. The molecule has 0 atom stereocenters. The van der Waals surface area contributed by atoms with Crippen LogP contribution in [-0.4, -0.2) is 36.5 Å². The van der Waals surface area contributed by atoms with Gasteiger partial charge in [-0.2, -0.15) is 0 Å². The SMILES string of the molecule is COC(=O)CN1C(=O)N/C(=C/c2c(OCc3ccccc3Cl)ccc3ccccc23)C1=O. The van der Waals surface area contributed by atoms with Crippen LogP contribution in [0, 0.1) is 0 Å². The average molecular weight is 451 g/mol. The molecule has 8 heteroatoms. The molecule has 4 rings (SSSR count). The maximum absolute atomic E-state index is 12.8. The number of ether oxygens (including phenoxy) is 2. The Kier molecular flexibility index (Phi) is 6.09. The van der Waals surface area contributed by atoms with E-state index >= 15 is 0 Å². The van der Waals surface area contributed by atoms with E-state index in [-0.39, 0.29) is 12.3 Å². The minimum absolute atomic E-state index is 0.0397. The first-order valence-corrected chi connectivity index (χ1v) is 10.1. The molecule has 0 radical (unpaired) electrons. The Bertz CT molecular complexity index is 1250. The van der Waals surface area contributed by atoms with E-state index in [9.17, 15) is 14.4 Å². The van der Waals surface area contributed by atoms with Gasteiger partial charge in [-0.3, -0.25) is 9.59 Å². The maximum Gasteiger partial charge on any atom is 0.329 e. The van der Waals surface area contributed by atoms with E-state index in [4.69, 9.17) is 16.3 Å². The van der Waals surface area contributed by atoms with Crippen molar-refractivity contribution < 1.29 is 23.9 Å². The zero-order chi connectivity index (χ0) is 22.7. The minimum atomic E-state index is -0.691. The summed E-state index contributed by atoms with van der Waals surface area (Å²) in [6, 6.07) is 18.0. The molecule has 1 saturated heterocycles. The Balaban J connectivity index is 1.71. The third kappa shape index (κ3) is 4.29. The smallest absolute Gasteiger partial charge is 0.329 e. The molecule has 7 nitrogen and oxygen atoms in total. The predicted octanol–water partition coefficient (Wildman–Crippen LogP) is 4.14. The number of carbonyl (C=O) groups excluding carboxylic acids is 3. The van der Waals surface area contributed by atoms with Crippen molar-refractivity contribution in [1.29, 1.82) is 0 Å². The van der Waals surface area contributed by atoms with Crippen LogP contribution in [0.25, 0.3) is 16.8 Å². The minimum Gasteiger partial charge on any atom is -0.488 e. The zero-order valence-corrected chi connectivity index (χ0v) is 17.9. The lowest BCUT2D eigenvalue weighted by atomic mass is 10.0. The number of hydrogen-bond acceptors (Lipinski definition) is 5. The molecule has 32 heavy (non-hydrogen) atoms. The lowest BCUT2D eigenvalue weighted by Gasteiger charge is -2.13. The number of methoxy groups -OCH3 is 1. The molecule has 0 aromatic heterocycles.